The summed E-state index contributed by atoms with van der Waals surface area (Å²) < 4.78 is 0. The highest BCUT2D eigenvalue weighted by Crippen LogP contribution is 2.59. The van der Waals surface area contributed by atoms with Crippen molar-refractivity contribution in [2.24, 2.45) is 17.3 Å². The molecule has 12 heavy (non-hydrogen) atoms. The van der Waals surface area contributed by atoms with Gasteiger partial charge in [-0.2, -0.15) is 0 Å². The zero-order valence-electron chi connectivity index (χ0n) is 9.19. The van der Waals surface area contributed by atoms with Crippen LogP contribution >= 0.6 is 0 Å². The second-order valence-corrected chi connectivity index (χ2v) is 4.68. The highest BCUT2D eigenvalue weighted by Gasteiger charge is 2.48. The second-order valence-electron chi connectivity index (χ2n) is 4.68. The molecule has 0 amide bonds. The first-order valence-corrected chi connectivity index (χ1v) is 5.73. The van der Waals surface area contributed by atoms with Gasteiger partial charge in [0.05, 0.1) is 0 Å². The van der Waals surface area contributed by atoms with Crippen LogP contribution in [-0.2, 0) is 0 Å². The fourth-order valence-corrected chi connectivity index (χ4v) is 3.00. The zero-order valence-corrected chi connectivity index (χ0v) is 9.19. The van der Waals surface area contributed by atoms with E-state index in [-0.39, 0.29) is 0 Å². The molecule has 0 aromatic rings. The van der Waals surface area contributed by atoms with E-state index < -0.39 is 0 Å². The van der Waals surface area contributed by atoms with Crippen LogP contribution in [0.15, 0.2) is 0 Å². The van der Waals surface area contributed by atoms with Crippen LogP contribution in [0.5, 0.6) is 0 Å². The molecule has 0 heterocycles. The van der Waals surface area contributed by atoms with Crippen molar-refractivity contribution in [1.29, 1.82) is 0 Å². The van der Waals surface area contributed by atoms with Crippen LogP contribution in [0.4, 0.5) is 0 Å². The minimum absolute atomic E-state index is 0.822. The Balaban J connectivity index is 0.000000336. The molecule has 3 aliphatic carbocycles. The summed E-state index contributed by atoms with van der Waals surface area (Å²) in [7, 11) is 0. The molecule has 2 bridgehead atoms. The van der Waals surface area contributed by atoms with Gasteiger partial charge in [-0.1, -0.05) is 40.5 Å². The molecule has 0 aromatic carbocycles. The molecule has 0 nitrogen and oxygen atoms in total. The molecular formula is C12H24. The van der Waals surface area contributed by atoms with E-state index in [1.54, 1.807) is 12.8 Å². The lowest BCUT2D eigenvalue weighted by molar-refractivity contribution is -0.0448. The average molecular weight is 168 g/mol. The maximum Gasteiger partial charge on any atom is -0.0269 e. The number of fused-ring (bicyclic) bond motifs is 2. The van der Waals surface area contributed by atoms with E-state index in [0.717, 1.165) is 17.3 Å². The molecule has 0 radical (unpaired) electrons. The molecule has 0 aromatic heterocycles. The van der Waals surface area contributed by atoms with Crippen LogP contribution in [0.25, 0.3) is 0 Å². The summed E-state index contributed by atoms with van der Waals surface area (Å²) >= 11 is 0. The Morgan fingerprint density at radius 2 is 1.75 bits per heavy atom. The predicted molar refractivity (Wildman–Crippen MR) is 55.2 cm³/mol. The fourth-order valence-electron chi connectivity index (χ4n) is 3.00. The second kappa shape index (κ2) is 3.81. The van der Waals surface area contributed by atoms with E-state index in [1.807, 2.05) is 13.8 Å². The largest absolute Gasteiger partial charge is 0.0683 e. The molecule has 0 spiro atoms. The van der Waals surface area contributed by atoms with Crippen molar-refractivity contribution in [3.8, 4) is 0 Å². The normalized spacial score (nSPS) is 38.2. The lowest BCUT2D eigenvalue weighted by Crippen LogP contribution is -2.44. The van der Waals surface area contributed by atoms with Crippen molar-refractivity contribution in [3.05, 3.63) is 0 Å². The molecule has 3 fully saturated rings. The van der Waals surface area contributed by atoms with Crippen LogP contribution in [0.2, 0.25) is 0 Å². The molecule has 0 saturated heterocycles. The predicted octanol–water partition coefficient (Wildman–Crippen LogP) is 4.25. The van der Waals surface area contributed by atoms with Crippen LogP contribution in [0.1, 0.15) is 59.8 Å². The lowest BCUT2D eigenvalue weighted by Gasteiger charge is -2.55. The van der Waals surface area contributed by atoms with Gasteiger partial charge in [-0.25, -0.2) is 0 Å². The Morgan fingerprint density at radius 1 is 1.17 bits per heavy atom. The van der Waals surface area contributed by atoms with Crippen LogP contribution in [0.3, 0.4) is 0 Å². The quantitative estimate of drug-likeness (QED) is 0.549. The summed E-state index contributed by atoms with van der Waals surface area (Å²) in [5.41, 5.74) is 0.822. The number of hydrogen-bond donors (Lipinski definition) is 0. The van der Waals surface area contributed by atoms with E-state index in [0.29, 0.717) is 0 Å². The third-order valence-electron chi connectivity index (χ3n) is 3.90. The smallest absolute Gasteiger partial charge is 0.0269 e. The Labute approximate surface area is 77.7 Å². The van der Waals surface area contributed by atoms with E-state index in [4.69, 9.17) is 0 Å². The first-order chi connectivity index (χ1) is 5.73. The molecular weight excluding hydrogens is 144 g/mol. The maximum absolute atomic E-state index is 2.40. The summed E-state index contributed by atoms with van der Waals surface area (Å²) in [4.78, 5) is 0. The topological polar surface area (TPSA) is 0 Å². The Bertz CT molecular complexity index is 123. The van der Waals surface area contributed by atoms with Gasteiger partial charge >= 0.3 is 0 Å². The van der Waals surface area contributed by atoms with Gasteiger partial charge in [0.2, 0.25) is 0 Å². The first-order valence-electron chi connectivity index (χ1n) is 5.73. The van der Waals surface area contributed by atoms with Crippen molar-refractivity contribution in [1.82, 2.24) is 0 Å². The molecule has 0 unspecified atom stereocenters. The first kappa shape index (κ1) is 10.1. The zero-order chi connectivity index (χ0) is 9.19. The van der Waals surface area contributed by atoms with E-state index in [1.165, 1.54) is 19.3 Å². The van der Waals surface area contributed by atoms with E-state index in [2.05, 4.69) is 13.8 Å². The van der Waals surface area contributed by atoms with Crippen molar-refractivity contribution in [3.63, 3.8) is 0 Å². The average Bonchev–Trinajstić information content (AvgIpc) is 2.07. The van der Waals surface area contributed by atoms with Gasteiger partial charge in [-0.05, 0) is 36.5 Å². The summed E-state index contributed by atoms with van der Waals surface area (Å²) in [6, 6.07) is 0. The number of hydrogen-bond acceptors (Lipinski definition) is 0. The summed E-state index contributed by atoms with van der Waals surface area (Å²) in [6.07, 6.45) is 7.70. The van der Waals surface area contributed by atoms with Crippen LogP contribution in [-0.4, -0.2) is 0 Å². The standard InChI is InChI=1S/C10H18.C2H6/c1-8(2)10-5-3-4-9(6-10)7-10;1-2/h8-9H,3-7H2,1-2H3;1-2H3. The summed E-state index contributed by atoms with van der Waals surface area (Å²) in [6.45, 7) is 8.81. The van der Waals surface area contributed by atoms with Gasteiger partial charge in [0.25, 0.3) is 0 Å². The number of rotatable bonds is 1. The molecule has 72 valence electrons. The van der Waals surface area contributed by atoms with E-state index >= 15 is 0 Å². The van der Waals surface area contributed by atoms with E-state index in [9.17, 15) is 0 Å². The SMILES string of the molecule is CC.CC(C)C12CCCC(C1)C2. The summed E-state index contributed by atoms with van der Waals surface area (Å²) in [5.74, 6) is 2.08. The molecule has 3 rings (SSSR count). The van der Waals surface area contributed by atoms with Gasteiger partial charge in [-0.15, -0.1) is 0 Å². The van der Waals surface area contributed by atoms with Gasteiger partial charge in [0, 0.05) is 0 Å². The monoisotopic (exact) mass is 168 g/mol. The lowest BCUT2D eigenvalue weighted by atomic mass is 9.50. The van der Waals surface area contributed by atoms with Gasteiger partial charge < -0.3 is 0 Å². The van der Waals surface area contributed by atoms with Crippen molar-refractivity contribution >= 4 is 0 Å². The minimum atomic E-state index is 0.822. The minimum Gasteiger partial charge on any atom is -0.0683 e. The highest BCUT2D eigenvalue weighted by molar-refractivity contribution is 4.98. The third kappa shape index (κ3) is 1.53. The van der Waals surface area contributed by atoms with Crippen LogP contribution < -0.4 is 0 Å². The maximum atomic E-state index is 2.40. The van der Waals surface area contributed by atoms with Gasteiger partial charge in [0.15, 0.2) is 0 Å². The molecule has 3 saturated carbocycles. The van der Waals surface area contributed by atoms with Crippen LogP contribution in [0, 0.1) is 17.3 Å². The summed E-state index contributed by atoms with van der Waals surface area (Å²) in [5, 5.41) is 0. The van der Waals surface area contributed by atoms with Gasteiger partial charge in [0.1, 0.15) is 0 Å². The highest BCUT2D eigenvalue weighted by atomic mass is 14.5. The van der Waals surface area contributed by atoms with Crippen molar-refractivity contribution < 1.29 is 0 Å². The van der Waals surface area contributed by atoms with Gasteiger partial charge in [-0.3, -0.25) is 0 Å². The molecule has 0 heteroatoms. The Kier molecular flexibility index (Phi) is 3.20. The third-order valence-corrected chi connectivity index (χ3v) is 3.90. The molecule has 0 N–H and O–H groups in total. The van der Waals surface area contributed by atoms with Crippen molar-refractivity contribution in [2.45, 2.75) is 59.8 Å². The Hall–Kier alpha value is 0. The molecule has 0 atom stereocenters. The fraction of sp³-hybridized carbons (Fsp3) is 1.00. The molecule has 0 aliphatic heterocycles. The van der Waals surface area contributed by atoms with Crippen molar-refractivity contribution in [2.75, 3.05) is 0 Å². The molecule has 3 aliphatic rings. The Morgan fingerprint density at radius 3 is 2.00 bits per heavy atom.